The SMILES string of the molecule is COCC1CCCN(CC2CCC(CNCC(C)C)O2)C1. The molecule has 0 amide bonds. The lowest BCUT2D eigenvalue weighted by Gasteiger charge is -2.33. The number of nitrogens with one attached hydrogen (secondary N) is 1. The molecule has 4 nitrogen and oxygen atoms in total. The average Bonchev–Trinajstić information content (AvgIpc) is 2.87. The summed E-state index contributed by atoms with van der Waals surface area (Å²) < 4.78 is 11.5. The van der Waals surface area contributed by atoms with Crippen molar-refractivity contribution < 1.29 is 9.47 Å². The van der Waals surface area contributed by atoms with E-state index < -0.39 is 0 Å². The molecular weight excluding hydrogens is 264 g/mol. The maximum Gasteiger partial charge on any atom is 0.0707 e. The summed E-state index contributed by atoms with van der Waals surface area (Å²) in [7, 11) is 1.81. The van der Waals surface area contributed by atoms with Crippen LogP contribution in [0.2, 0.25) is 0 Å². The minimum Gasteiger partial charge on any atom is -0.384 e. The summed E-state index contributed by atoms with van der Waals surface area (Å²) in [6.45, 7) is 11.0. The summed E-state index contributed by atoms with van der Waals surface area (Å²) in [6.07, 6.45) is 5.92. The van der Waals surface area contributed by atoms with E-state index in [1.165, 1.54) is 38.8 Å². The van der Waals surface area contributed by atoms with E-state index in [0.717, 1.165) is 26.2 Å². The third kappa shape index (κ3) is 6.23. The molecule has 0 saturated carbocycles. The van der Waals surface area contributed by atoms with Gasteiger partial charge in [-0.05, 0) is 50.6 Å². The zero-order valence-corrected chi connectivity index (χ0v) is 14.1. The van der Waals surface area contributed by atoms with Gasteiger partial charge in [-0.25, -0.2) is 0 Å². The van der Waals surface area contributed by atoms with Crippen molar-refractivity contribution in [2.24, 2.45) is 11.8 Å². The fourth-order valence-electron chi connectivity index (χ4n) is 3.57. The molecule has 2 saturated heterocycles. The highest BCUT2D eigenvalue weighted by atomic mass is 16.5. The number of methoxy groups -OCH3 is 1. The molecule has 3 atom stereocenters. The zero-order chi connectivity index (χ0) is 15.1. The number of ether oxygens (including phenoxy) is 2. The highest BCUT2D eigenvalue weighted by Crippen LogP contribution is 2.23. The molecule has 4 heteroatoms. The average molecular weight is 298 g/mol. The maximum absolute atomic E-state index is 6.21. The first-order chi connectivity index (χ1) is 10.2. The van der Waals surface area contributed by atoms with Crippen LogP contribution in [0.25, 0.3) is 0 Å². The second kappa shape index (κ2) is 9.09. The molecule has 21 heavy (non-hydrogen) atoms. The Kier molecular flexibility index (Phi) is 7.44. The molecule has 0 bridgehead atoms. The fourth-order valence-corrected chi connectivity index (χ4v) is 3.57. The van der Waals surface area contributed by atoms with Gasteiger partial charge in [-0.2, -0.15) is 0 Å². The number of hydrogen-bond acceptors (Lipinski definition) is 4. The summed E-state index contributed by atoms with van der Waals surface area (Å²) in [4.78, 5) is 2.59. The summed E-state index contributed by atoms with van der Waals surface area (Å²) in [6, 6.07) is 0. The minimum atomic E-state index is 0.424. The first kappa shape index (κ1) is 17.2. The molecule has 3 unspecified atom stereocenters. The predicted octanol–water partition coefficient (Wildman–Crippen LogP) is 2.14. The molecular formula is C17H34N2O2. The third-order valence-electron chi connectivity index (χ3n) is 4.59. The molecule has 2 fully saturated rings. The van der Waals surface area contributed by atoms with Crippen LogP contribution < -0.4 is 5.32 Å². The van der Waals surface area contributed by atoms with Crippen LogP contribution in [-0.4, -0.2) is 63.5 Å². The van der Waals surface area contributed by atoms with E-state index in [1.54, 1.807) is 0 Å². The fraction of sp³-hybridized carbons (Fsp3) is 1.00. The van der Waals surface area contributed by atoms with E-state index in [-0.39, 0.29) is 0 Å². The van der Waals surface area contributed by atoms with Crippen LogP contribution >= 0.6 is 0 Å². The van der Waals surface area contributed by atoms with Crippen molar-refractivity contribution in [3.05, 3.63) is 0 Å². The van der Waals surface area contributed by atoms with Crippen molar-refractivity contribution in [1.82, 2.24) is 10.2 Å². The van der Waals surface area contributed by atoms with Gasteiger partial charge in [0.25, 0.3) is 0 Å². The van der Waals surface area contributed by atoms with E-state index in [4.69, 9.17) is 9.47 Å². The zero-order valence-electron chi connectivity index (χ0n) is 14.1. The van der Waals surface area contributed by atoms with Gasteiger partial charge in [0.2, 0.25) is 0 Å². The van der Waals surface area contributed by atoms with Crippen molar-refractivity contribution in [2.75, 3.05) is 46.4 Å². The van der Waals surface area contributed by atoms with E-state index in [0.29, 0.717) is 24.0 Å². The molecule has 0 aliphatic carbocycles. The van der Waals surface area contributed by atoms with Gasteiger partial charge >= 0.3 is 0 Å². The topological polar surface area (TPSA) is 33.7 Å². The molecule has 1 N–H and O–H groups in total. The lowest BCUT2D eigenvalue weighted by atomic mass is 9.98. The van der Waals surface area contributed by atoms with Crippen LogP contribution in [0, 0.1) is 11.8 Å². The van der Waals surface area contributed by atoms with Gasteiger partial charge in [0, 0.05) is 26.7 Å². The first-order valence-corrected chi connectivity index (χ1v) is 8.74. The lowest BCUT2D eigenvalue weighted by molar-refractivity contribution is 0.00863. The summed E-state index contributed by atoms with van der Waals surface area (Å²) in [5.41, 5.74) is 0. The lowest BCUT2D eigenvalue weighted by Crippen LogP contribution is -2.41. The standard InChI is InChI=1S/C17H34N2O2/c1-14(2)9-18-10-16-6-7-17(21-16)12-19-8-4-5-15(11-19)13-20-3/h14-18H,4-13H2,1-3H3. The Bertz CT molecular complexity index is 284. The van der Waals surface area contributed by atoms with Gasteiger partial charge in [0.15, 0.2) is 0 Å². The Morgan fingerprint density at radius 3 is 2.81 bits per heavy atom. The minimum absolute atomic E-state index is 0.424. The largest absolute Gasteiger partial charge is 0.384 e. The van der Waals surface area contributed by atoms with Gasteiger partial charge in [0.05, 0.1) is 18.8 Å². The Labute approximate surface area is 130 Å². The van der Waals surface area contributed by atoms with E-state index in [1.807, 2.05) is 7.11 Å². The van der Waals surface area contributed by atoms with Crippen LogP contribution in [0.3, 0.4) is 0 Å². The summed E-state index contributed by atoms with van der Waals surface area (Å²) >= 11 is 0. The normalized spacial score (nSPS) is 31.1. The van der Waals surface area contributed by atoms with Gasteiger partial charge in [-0.1, -0.05) is 13.8 Å². The molecule has 2 aliphatic heterocycles. The van der Waals surface area contributed by atoms with Gasteiger partial charge in [-0.15, -0.1) is 0 Å². The maximum atomic E-state index is 6.21. The van der Waals surface area contributed by atoms with Crippen molar-refractivity contribution >= 4 is 0 Å². The van der Waals surface area contributed by atoms with Crippen molar-refractivity contribution in [1.29, 1.82) is 0 Å². The number of piperidine rings is 1. The molecule has 0 aromatic rings. The van der Waals surface area contributed by atoms with Crippen molar-refractivity contribution in [2.45, 2.75) is 51.7 Å². The van der Waals surface area contributed by atoms with Crippen LogP contribution in [0.5, 0.6) is 0 Å². The van der Waals surface area contributed by atoms with Crippen LogP contribution in [-0.2, 0) is 9.47 Å². The Balaban J connectivity index is 1.63. The molecule has 0 aromatic carbocycles. The molecule has 124 valence electrons. The van der Waals surface area contributed by atoms with Gasteiger partial charge in [-0.3, -0.25) is 0 Å². The highest BCUT2D eigenvalue weighted by molar-refractivity contribution is 4.81. The smallest absolute Gasteiger partial charge is 0.0707 e. The van der Waals surface area contributed by atoms with Crippen molar-refractivity contribution in [3.8, 4) is 0 Å². The van der Waals surface area contributed by atoms with E-state index in [2.05, 4.69) is 24.1 Å². The van der Waals surface area contributed by atoms with Crippen LogP contribution in [0.1, 0.15) is 39.5 Å². The highest BCUT2D eigenvalue weighted by Gasteiger charge is 2.28. The summed E-state index contributed by atoms with van der Waals surface area (Å²) in [5.74, 6) is 1.43. The second-order valence-corrected chi connectivity index (χ2v) is 7.23. The molecule has 0 radical (unpaired) electrons. The third-order valence-corrected chi connectivity index (χ3v) is 4.59. The Morgan fingerprint density at radius 2 is 2.05 bits per heavy atom. The molecule has 2 aliphatic rings. The summed E-state index contributed by atoms with van der Waals surface area (Å²) in [5, 5.41) is 3.52. The van der Waals surface area contributed by atoms with Gasteiger partial charge < -0.3 is 19.7 Å². The van der Waals surface area contributed by atoms with Crippen LogP contribution in [0.15, 0.2) is 0 Å². The van der Waals surface area contributed by atoms with E-state index >= 15 is 0 Å². The molecule has 2 heterocycles. The molecule has 0 spiro atoms. The Morgan fingerprint density at radius 1 is 1.24 bits per heavy atom. The second-order valence-electron chi connectivity index (χ2n) is 7.23. The Hall–Kier alpha value is -0.160. The molecule has 0 aromatic heterocycles. The number of rotatable bonds is 8. The number of hydrogen-bond donors (Lipinski definition) is 1. The van der Waals surface area contributed by atoms with Crippen molar-refractivity contribution in [3.63, 3.8) is 0 Å². The number of likely N-dealkylation sites (tertiary alicyclic amines) is 1. The predicted molar refractivity (Wildman–Crippen MR) is 86.6 cm³/mol. The number of nitrogens with zero attached hydrogens (tertiary/aromatic N) is 1. The first-order valence-electron chi connectivity index (χ1n) is 8.74. The quantitative estimate of drug-likeness (QED) is 0.744. The van der Waals surface area contributed by atoms with Gasteiger partial charge in [0.1, 0.15) is 0 Å². The molecule has 2 rings (SSSR count). The monoisotopic (exact) mass is 298 g/mol. The van der Waals surface area contributed by atoms with Crippen LogP contribution in [0.4, 0.5) is 0 Å². The van der Waals surface area contributed by atoms with E-state index in [9.17, 15) is 0 Å².